The maximum atomic E-state index is 11.9. The average molecular weight is 195 g/mol. The van der Waals surface area contributed by atoms with Crippen molar-refractivity contribution >= 4 is 11.8 Å². The molecule has 0 aliphatic carbocycles. The highest BCUT2D eigenvalue weighted by atomic mass is 32.2. The van der Waals surface area contributed by atoms with E-state index in [1.807, 2.05) is 0 Å². The summed E-state index contributed by atoms with van der Waals surface area (Å²) < 4.78 is 35.6. The Morgan fingerprint density at radius 3 is 2.25 bits per heavy atom. The number of rotatable bonds is 1. The van der Waals surface area contributed by atoms with Crippen LogP contribution in [0, 0.1) is 13.8 Å². The van der Waals surface area contributed by atoms with Crippen LogP contribution in [0.25, 0.3) is 0 Å². The predicted molar refractivity (Wildman–Crippen MR) is 42.2 cm³/mol. The number of halogens is 3. The Bertz CT molecular complexity index is 277. The molecule has 0 saturated heterocycles. The summed E-state index contributed by atoms with van der Waals surface area (Å²) in [5.41, 5.74) is -2.82. The Balaban J connectivity index is 2.82. The highest BCUT2D eigenvalue weighted by Gasteiger charge is 2.30. The van der Waals surface area contributed by atoms with Gasteiger partial charge in [-0.3, -0.25) is 0 Å². The van der Waals surface area contributed by atoms with Crippen molar-refractivity contribution < 1.29 is 13.2 Å². The van der Waals surface area contributed by atoms with Crippen molar-refractivity contribution in [2.75, 3.05) is 0 Å². The van der Waals surface area contributed by atoms with Crippen molar-refractivity contribution in [3.63, 3.8) is 0 Å². The van der Waals surface area contributed by atoms with Gasteiger partial charge >= 0.3 is 5.51 Å². The van der Waals surface area contributed by atoms with Gasteiger partial charge in [0.15, 0.2) is 0 Å². The van der Waals surface area contributed by atoms with E-state index in [-0.39, 0.29) is 16.8 Å². The Kier molecular flexibility index (Phi) is 2.41. The summed E-state index contributed by atoms with van der Waals surface area (Å²) >= 11 is -0.107. The molecule has 0 fully saturated rings. The maximum absolute atomic E-state index is 11.9. The number of thioether (sulfide) groups is 1. The van der Waals surface area contributed by atoms with Gasteiger partial charge in [0.1, 0.15) is 0 Å². The number of hydrogen-bond acceptors (Lipinski definition) is 1. The second kappa shape index (κ2) is 3.05. The average Bonchev–Trinajstić information content (AvgIpc) is 2.06. The third-order valence-corrected chi connectivity index (χ3v) is 2.18. The monoisotopic (exact) mass is 195 g/mol. The number of H-pyrrole nitrogens is 1. The van der Waals surface area contributed by atoms with Crippen molar-refractivity contribution in [2.45, 2.75) is 24.4 Å². The van der Waals surface area contributed by atoms with Gasteiger partial charge in [-0.1, -0.05) is 0 Å². The molecule has 68 valence electrons. The molecule has 12 heavy (non-hydrogen) atoms. The Morgan fingerprint density at radius 2 is 1.92 bits per heavy atom. The molecule has 0 atom stereocenters. The molecule has 1 nitrogen and oxygen atoms in total. The molecule has 1 rings (SSSR count). The largest absolute Gasteiger partial charge is 0.447 e. The lowest BCUT2D eigenvalue weighted by atomic mass is 10.3. The minimum absolute atomic E-state index is 0.107. The first-order valence-electron chi connectivity index (χ1n) is 3.30. The van der Waals surface area contributed by atoms with Crippen LogP contribution in [0.1, 0.15) is 11.3 Å². The lowest BCUT2D eigenvalue weighted by molar-refractivity contribution is -0.0329. The van der Waals surface area contributed by atoms with Gasteiger partial charge in [-0.05, 0) is 25.5 Å². The minimum atomic E-state index is -4.21. The van der Waals surface area contributed by atoms with Crippen molar-refractivity contribution in [2.24, 2.45) is 0 Å². The Morgan fingerprint density at radius 1 is 1.33 bits per heavy atom. The quantitative estimate of drug-likeness (QED) is 0.680. The van der Waals surface area contributed by atoms with Crippen LogP contribution in [0.4, 0.5) is 13.2 Å². The van der Waals surface area contributed by atoms with Crippen LogP contribution in [-0.4, -0.2) is 10.5 Å². The van der Waals surface area contributed by atoms with Gasteiger partial charge in [-0.15, -0.1) is 0 Å². The van der Waals surface area contributed by atoms with E-state index in [4.69, 9.17) is 0 Å². The molecule has 0 saturated carbocycles. The van der Waals surface area contributed by atoms with E-state index in [2.05, 4.69) is 4.98 Å². The molecule has 1 aromatic heterocycles. The van der Waals surface area contributed by atoms with Crippen LogP contribution in [0.15, 0.2) is 11.1 Å². The van der Waals surface area contributed by atoms with E-state index in [0.717, 1.165) is 5.69 Å². The van der Waals surface area contributed by atoms with Gasteiger partial charge in [0, 0.05) is 17.5 Å². The highest BCUT2D eigenvalue weighted by Crippen LogP contribution is 2.37. The van der Waals surface area contributed by atoms with E-state index in [1.54, 1.807) is 19.9 Å². The summed E-state index contributed by atoms with van der Waals surface area (Å²) in [5, 5.41) is 0.181. The third-order valence-electron chi connectivity index (χ3n) is 1.32. The van der Waals surface area contributed by atoms with E-state index in [9.17, 15) is 13.2 Å². The van der Waals surface area contributed by atoms with E-state index >= 15 is 0 Å². The standard InChI is InChI=1S/C7H8F3NS/c1-4-3-5(2)11-6(4)12-7(8,9)10/h3,11H,1-2H3. The lowest BCUT2D eigenvalue weighted by Gasteiger charge is -2.03. The number of nitrogens with one attached hydrogen (secondary N) is 1. The summed E-state index contributed by atoms with van der Waals surface area (Å²) in [7, 11) is 0. The number of hydrogen-bond donors (Lipinski definition) is 1. The summed E-state index contributed by atoms with van der Waals surface area (Å²) in [6, 6.07) is 1.69. The third kappa shape index (κ3) is 2.48. The predicted octanol–water partition coefficient (Wildman–Crippen LogP) is 3.24. The van der Waals surface area contributed by atoms with Crippen LogP contribution < -0.4 is 0 Å². The Labute approximate surface area is 72.4 Å². The van der Waals surface area contributed by atoms with Gasteiger partial charge in [-0.2, -0.15) is 13.2 Å². The molecule has 0 aliphatic rings. The molecule has 0 aromatic carbocycles. The summed E-state index contributed by atoms with van der Waals surface area (Å²) in [6.07, 6.45) is 0. The van der Waals surface area contributed by atoms with Crippen molar-refractivity contribution in [1.82, 2.24) is 4.98 Å². The molecule has 0 amide bonds. The first-order chi connectivity index (χ1) is 5.38. The van der Waals surface area contributed by atoms with Crippen molar-refractivity contribution in [1.29, 1.82) is 0 Å². The van der Waals surface area contributed by atoms with E-state index in [0.29, 0.717) is 5.56 Å². The van der Waals surface area contributed by atoms with Gasteiger partial charge in [0.25, 0.3) is 0 Å². The number of aryl methyl sites for hydroxylation is 2. The molecule has 0 aliphatic heterocycles. The van der Waals surface area contributed by atoms with Crippen LogP contribution in [0.3, 0.4) is 0 Å². The fourth-order valence-electron chi connectivity index (χ4n) is 0.926. The molecule has 0 bridgehead atoms. The number of aromatic amines is 1. The highest BCUT2D eigenvalue weighted by molar-refractivity contribution is 8.00. The molecule has 5 heteroatoms. The molecule has 1 heterocycles. The minimum Gasteiger partial charge on any atom is -0.353 e. The van der Waals surface area contributed by atoms with Gasteiger partial charge in [0.05, 0.1) is 5.03 Å². The normalized spacial score (nSPS) is 12.1. The molecule has 1 N–H and O–H groups in total. The van der Waals surface area contributed by atoms with Gasteiger partial charge in [-0.25, -0.2) is 0 Å². The summed E-state index contributed by atoms with van der Waals surface area (Å²) in [4.78, 5) is 2.64. The molecular formula is C7H8F3NS. The van der Waals surface area contributed by atoms with Crippen LogP contribution in [0.2, 0.25) is 0 Å². The van der Waals surface area contributed by atoms with Crippen LogP contribution in [-0.2, 0) is 0 Å². The zero-order valence-corrected chi connectivity index (χ0v) is 7.44. The van der Waals surface area contributed by atoms with Crippen LogP contribution in [0.5, 0.6) is 0 Å². The van der Waals surface area contributed by atoms with E-state index < -0.39 is 5.51 Å². The topological polar surface area (TPSA) is 15.8 Å². The second-order valence-corrected chi connectivity index (χ2v) is 3.59. The van der Waals surface area contributed by atoms with Crippen LogP contribution >= 0.6 is 11.8 Å². The first kappa shape index (κ1) is 9.51. The second-order valence-electron chi connectivity index (χ2n) is 2.51. The molecule has 0 spiro atoms. The zero-order valence-electron chi connectivity index (χ0n) is 6.62. The lowest BCUT2D eigenvalue weighted by Crippen LogP contribution is -1.99. The van der Waals surface area contributed by atoms with Crippen molar-refractivity contribution in [3.8, 4) is 0 Å². The van der Waals surface area contributed by atoms with E-state index in [1.165, 1.54) is 0 Å². The fraction of sp³-hybridized carbons (Fsp3) is 0.429. The molecule has 0 unspecified atom stereocenters. The smallest absolute Gasteiger partial charge is 0.353 e. The van der Waals surface area contributed by atoms with Crippen molar-refractivity contribution in [3.05, 3.63) is 17.3 Å². The SMILES string of the molecule is Cc1cc(C)c(SC(F)(F)F)[nH]1. The zero-order chi connectivity index (χ0) is 9.35. The Hall–Kier alpha value is -0.580. The van der Waals surface area contributed by atoms with Gasteiger partial charge in [0.2, 0.25) is 0 Å². The first-order valence-corrected chi connectivity index (χ1v) is 4.12. The molecule has 0 radical (unpaired) electrons. The molecule has 1 aromatic rings. The summed E-state index contributed by atoms with van der Waals surface area (Å²) in [6.45, 7) is 3.38. The maximum Gasteiger partial charge on any atom is 0.447 e. The van der Waals surface area contributed by atoms with Gasteiger partial charge < -0.3 is 4.98 Å². The number of aromatic nitrogens is 1. The molecular weight excluding hydrogens is 187 g/mol. The fourth-order valence-corrected chi connectivity index (χ4v) is 1.59. The summed E-state index contributed by atoms with van der Waals surface area (Å²) in [5.74, 6) is 0. The number of alkyl halides is 3.